The zero-order valence-corrected chi connectivity index (χ0v) is 3.90. The maximum atomic E-state index is 4.81. The van der Waals surface area contributed by atoms with E-state index in [0.717, 1.165) is 13.2 Å². The molecule has 1 rings (SSSR count). The van der Waals surface area contributed by atoms with Crippen LogP contribution in [0.4, 0.5) is 0 Å². The van der Waals surface area contributed by atoms with Crippen molar-refractivity contribution in [3.8, 4) is 0 Å². The zero-order valence-electron chi connectivity index (χ0n) is 3.90. The lowest BCUT2D eigenvalue weighted by molar-refractivity contribution is 0.0981. The topological polar surface area (TPSA) is 21.3 Å². The average molecular weight is 87.1 g/mol. The highest BCUT2D eigenvalue weighted by Crippen LogP contribution is 1.97. The molecule has 36 valence electrons. The number of hydrogen-bond acceptors (Lipinski definition) is 2. The van der Waals surface area contributed by atoms with E-state index in [1.807, 2.05) is 0 Å². The Morgan fingerprint density at radius 3 is 2.83 bits per heavy atom. The molecule has 1 heterocycles. The minimum atomic E-state index is 0.713. The van der Waals surface area contributed by atoms with Gasteiger partial charge in [0.2, 0.25) is 0 Å². The molecule has 1 aliphatic heterocycles. The van der Waals surface area contributed by atoms with Crippen LogP contribution in [0.1, 0.15) is 6.92 Å². The first kappa shape index (κ1) is 4.09. The summed E-state index contributed by atoms with van der Waals surface area (Å²) in [6.45, 7) is 4.04. The molecule has 1 N–H and O–H groups in total. The molecule has 0 bridgehead atoms. The van der Waals surface area contributed by atoms with Crippen molar-refractivity contribution in [2.24, 2.45) is 5.92 Å². The molecule has 1 aliphatic rings. The summed E-state index contributed by atoms with van der Waals surface area (Å²) >= 11 is 0. The lowest BCUT2D eigenvalue weighted by Crippen LogP contribution is -2.04. The zero-order chi connectivity index (χ0) is 4.41. The van der Waals surface area contributed by atoms with Crippen molar-refractivity contribution >= 4 is 0 Å². The van der Waals surface area contributed by atoms with Crippen LogP contribution in [0.2, 0.25) is 0 Å². The summed E-state index contributed by atoms with van der Waals surface area (Å²) < 4.78 is 0. The van der Waals surface area contributed by atoms with Gasteiger partial charge in [0.15, 0.2) is 0 Å². The smallest absolute Gasteiger partial charge is 0.0720 e. The van der Waals surface area contributed by atoms with E-state index in [2.05, 4.69) is 12.4 Å². The molecular weight excluding hydrogens is 78.0 g/mol. The Kier molecular flexibility index (Phi) is 1.08. The molecule has 0 aliphatic carbocycles. The molecule has 0 saturated carbocycles. The van der Waals surface area contributed by atoms with Gasteiger partial charge in [0.25, 0.3) is 0 Å². The third-order valence-electron chi connectivity index (χ3n) is 0.902. The average Bonchev–Trinajstić information content (AvgIpc) is 1.86. The molecule has 0 amide bonds. The van der Waals surface area contributed by atoms with Crippen molar-refractivity contribution in [3.63, 3.8) is 0 Å². The predicted octanol–water partition coefficient (Wildman–Crippen LogP) is 0.157. The van der Waals surface area contributed by atoms with Crippen LogP contribution in [-0.2, 0) is 4.84 Å². The van der Waals surface area contributed by atoms with E-state index in [4.69, 9.17) is 4.84 Å². The summed E-state index contributed by atoms with van der Waals surface area (Å²) in [5.74, 6) is 0.713. The van der Waals surface area contributed by atoms with Crippen LogP contribution in [0.25, 0.3) is 0 Å². The van der Waals surface area contributed by atoms with Gasteiger partial charge in [-0.3, -0.25) is 0 Å². The van der Waals surface area contributed by atoms with Crippen molar-refractivity contribution in [1.82, 2.24) is 5.48 Å². The summed E-state index contributed by atoms with van der Waals surface area (Å²) in [5, 5.41) is 0. The van der Waals surface area contributed by atoms with Crippen molar-refractivity contribution in [3.05, 3.63) is 0 Å². The highest BCUT2D eigenvalue weighted by molar-refractivity contribution is 4.54. The molecule has 0 spiro atoms. The van der Waals surface area contributed by atoms with E-state index >= 15 is 0 Å². The molecule has 0 aromatic carbocycles. The van der Waals surface area contributed by atoms with Crippen molar-refractivity contribution in [2.45, 2.75) is 6.92 Å². The van der Waals surface area contributed by atoms with Gasteiger partial charge in [-0.2, -0.15) is 0 Å². The molecule has 0 unspecified atom stereocenters. The summed E-state index contributed by atoms with van der Waals surface area (Å²) in [5.41, 5.74) is 2.77. The molecule has 1 fully saturated rings. The monoisotopic (exact) mass is 87.1 g/mol. The standard InChI is InChI=1S/C4H9NO/c1-4-2-5-6-3-4/h4-5H,2-3H2,1H3/t4-/m1/s1. The molecule has 0 aromatic rings. The maximum Gasteiger partial charge on any atom is 0.0720 e. The lowest BCUT2D eigenvalue weighted by atomic mass is 10.2. The summed E-state index contributed by atoms with van der Waals surface area (Å²) in [7, 11) is 0. The fourth-order valence-corrected chi connectivity index (χ4v) is 0.461. The normalized spacial score (nSPS) is 34.5. The Morgan fingerprint density at radius 2 is 2.67 bits per heavy atom. The minimum Gasteiger partial charge on any atom is -0.301 e. The Morgan fingerprint density at radius 1 is 1.83 bits per heavy atom. The largest absolute Gasteiger partial charge is 0.301 e. The second-order valence-corrected chi connectivity index (χ2v) is 1.76. The highest BCUT2D eigenvalue weighted by Gasteiger charge is 2.07. The SMILES string of the molecule is C[C@@H]1CNOC1. The van der Waals surface area contributed by atoms with Crippen LogP contribution in [0.15, 0.2) is 0 Å². The fraction of sp³-hybridized carbons (Fsp3) is 1.00. The number of hydroxylamine groups is 1. The molecule has 2 heteroatoms. The van der Waals surface area contributed by atoms with Crippen molar-refractivity contribution in [1.29, 1.82) is 0 Å². The van der Waals surface area contributed by atoms with Crippen LogP contribution in [-0.4, -0.2) is 13.2 Å². The van der Waals surface area contributed by atoms with Gasteiger partial charge in [-0.05, 0) is 5.92 Å². The molecule has 0 aromatic heterocycles. The number of hydrogen-bond donors (Lipinski definition) is 1. The first-order valence-electron chi connectivity index (χ1n) is 2.24. The molecule has 2 nitrogen and oxygen atoms in total. The highest BCUT2D eigenvalue weighted by atomic mass is 16.7. The van der Waals surface area contributed by atoms with Gasteiger partial charge in [0.05, 0.1) is 6.61 Å². The molecule has 6 heavy (non-hydrogen) atoms. The van der Waals surface area contributed by atoms with Crippen LogP contribution in [0, 0.1) is 5.92 Å². The van der Waals surface area contributed by atoms with Crippen LogP contribution in [0.5, 0.6) is 0 Å². The van der Waals surface area contributed by atoms with Gasteiger partial charge in [-0.1, -0.05) is 6.92 Å². The predicted molar refractivity (Wildman–Crippen MR) is 23.1 cm³/mol. The second-order valence-electron chi connectivity index (χ2n) is 1.76. The second kappa shape index (κ2) is 1.58. The minimum absolute atomic E-state index is 0.713. The van der Waals surface area contributed by atoms with Crippen molar-refractivity contribution in [2.75, 3.05) is 13.2 Å². The first-order valence-corrected chi connectivity index (χ1v) is 2.24. The quantitative estimate of drug-likeness (QED) is 0.454. The Hall–Kier alpha value is -0.0800. The van der Waals surface area contributed by atoms with E-state index in [1.165, 1.54) is 0 Å². The molecule has 1 saturated heterocycles. The van der Waals surface area contributed by atoms with Crippen LogP contribution in [0.3, 0.4) is 0 Å². The summed E-state index contributed by atoms with van der Waals surface area (Å²) in [6, 6.07) is 0. The summed E-state index contributed by atoms with van der Waals surface area (Å²) in [6.07, 6.45) is 0. The van der Waals surface area contributed by atoms with E-state index in [9.17, 15) is 0 Å². The molecular formula is C4H9NO. The van der Waals surface area contributed by atoms with Gasteiger partial charge in [-0.15, -0.1) is 0 Å². The van der Waals surface area contributed by atoms with Gasteiger partial charge >= 0.3 is 0 Å². The third kappa shape index (κ3) is 0.698. The van der Waals surface area contributed by atoms with Crippen LogP contribution < -0.4 is 5.48 Å². The first-order chi connectivity index (χ1) is 2.89. The maximum absolute atomic E-state index is 4.81. The van der Waals surface area contributed by atoms with Crippen LogP contribution >= 0.6 is 0 Å². The van der Waals surface area contributed by atoms with Gasteiger partial charge in [0, 0.05) is 6.54 Å². The Bertz CT molecular complexity index is 40.8. The van der Waals surface area contributed by atoms with E-state index in [1.54, 1.807) is 0 Å². The van der Waals surface area contributed by atoms with Gasteiger partial charge < -0.3 is 4.84 Å². The number of rotatable bonds is 0. The molecule has 1 atom stereocenters. The van der Waals surface area contributed by atoms with E-state index in [-0.39, 0.29) is 0 Å². The van der Waals surface area contributed by atoms with E-state index < -0.39 is 0 Å². The Labute approximate surface area is 37.4 Å². The fourth-order valence-electron chi connectivity index (χ4n) is 0.461. The lowest BCUT2D eigenvalue weighted by Gasteiger charge is -1.86. The number of nitrogens with one attached hydrogen (secondary N) is 1. The summed E-state index contributed by atoms with van der Waals surface area (Å²) in [4.78, 5) is 4.81. The van der Waals surface area contributed by atoms with Crippen molar-refractivity contribution < 1.29 is 4.84 Å². The van der Waals surface area contributed by atoms with Gasteiger partial charge in [0.1, 0.15) is 0 Å². The van der Waals surface area contributed by atoms with Gasteiger partial charge in [-0.25, -0.2) is 5.48 Å². The third-order valence-corrected chi connectivity index (χ3v) is 0.902. The van der Waals surface area contributed by atoms with E-state index in [0.29, 0.717) is 5.92 Å². The molecule has 0 radical (unpaired) electrons. The Balaban J connectivity index is 2.18.